The first kappa shape index (κ1) is 25.9. The summed E-state index contributed by atoms with van der Waals surface area (Å²) in [6, 6.07) is 11.5. The number of benzene rings is 1. The standard InChI is InChI=1S/C21H31N5O2S2.HI/c1-3-22-21(25-18-10-14-26(15-11-18)20-5-4-16-29-20)23-12-13-24-30(27,28)19-8-6-17(2)7-9-19;/h4-9,16,18,24H,3,10-15H2,1-2H3,(H2,22,23,25);1H. The molecule has 7 nitrogen and oxygen atoms in total. The summed E-state index contributed by atoms with van der Waals surface area (Å²) in [5.74, 6) is 0.738. The van der Waals surface area contributed by atoms with E-state index in [1.165, 1.54) is 5.00 Å². The predicted octanol–water partition coefficient (Wildman–Crippen LogP) is 3.18. The van der Waals surface area contributed by atoms with E-state index in [0.717, 1.165) is 44.0 Å². The van der Waals surface area contributed by atoms with Crippen LogP contribution in [0.4, 0.5) is 5.00 Å². The molecular formula is C21H32IN5O2S2. The van der Waals surface area contributed by atoms with Crippen LogP contribution in [0.2, 0.25) is 0 Å². The smallest absolute Gasteiger partial charge is 0.240 e. The summed E-state index contributed by atoms with van der Waals surface area (Å²) in [4.78, 5) is 7.24. The highest BCUT2D eigenvalue weighted by Gasteiger charge is 2.20. The minimum Gasteiger partial charge on any atom is -0.363 e. The van der Waals surface area contributed by atoms with Crippen molar-refractivity contribution in [3.8, 4) is 0 Å². The number of anilines is 1. The molecule has 31 heavy (non-hydrogen) atoms. The van der Waals surface area contributed by atoms with Crippen LogP contribution in [0.3, 0.4) is 0 Å². The van der Waals surface area contributed by atoms with Gasteiger partial charge in [-0.05, 0) is 56.3 Å². The molecule has 1 saturated heterocycles. The lowest BCUT2D eigenvalue weighted by atomic mass is 10.1. The van der Waals surface area contributed by atoms with E-state index in [1.807, 2.05) is 13.8 Å². The largest absolute Gasteiger partial charge is 0.363 e. The van der Waals surface area contributed by atoms with Crippen LogP contribution in [-0.2, 0) is 10.0 Å². The molecule has 3 N–H and O–H groups in total. The van der Waals surface area contributed by atoms with E-state index in [1.54, 1.807) is 35.6 Å². The van der Waals surface area contributed by atoms with E-state index in [0.29, 0.717) is 12.6 Å². The maximum atomic E-state index is 12.4. The molecule has 1 aromatic heterocycles. The Morgan fingerprint density at radius 3 is 2.52 bits per heavy atom. The number of sulfonamides is 1. The van der Waals surface area contributed by atoms with Crippen molar-refractivity contribution < 1.29 is 8.42 Å². The summed E-state index contributed by atoms with van der Waals surface area (Å²) < 4.78 is 27.3. The highest BCUT2D eigenvalue weighted by molar-refractivity contribution is 14.0. The molecule has 0 amide bonds. The molecular weight excluding hydrogens is 545 g/mol. The highest BCUT2D eigenvalue weighted by Crippen LogP contribution is 2.24. The van der Waals surface area contributed by atoms with Crippen LogP contribution in [0.25, 0.3) is 0 Å². The Labute approximate surface area is 206 Å². The SMILES string of the molecule is CCNC(=NCCNS(=O)(=O)c1ccc(C)cc1)NC1CCN(c2cccs2)CC1.I. The fraction of sp³-hybridized carbons (Fsp3) is 0.476. The van der Waals surface area contributed by atoms with Gasteiger partial charge in [-0.3, -0.25) is 4.99 Å². The van der Waals surface area contributed by atoms with Gasteiger partial charge in [-0.25, -0.2) is 13.1 Å². The van der Waals surface area contributed by atoms with Crippen LogP contribution in [0.5, 0.6) is 0 Å². The van der Waals surface area contributed by atoms with Gasteiger partial charge in [-0.2, -0.15) is 0 Å². The summed E-state index contributed by atoms with van der Waals surface area (Å²) in [5.41, 5.74) is 1.03. The molecule has 3 rings (SSSR count). The lowest BCUT2D eigenvalue weighted by molar-refractivity contribution is 0.463. The van der Waals surface area contributed by atoms with Gasteiger partial charge >= 0.3 is 0 Å². The van der Waals surface area contributed by atoms with E-state index in [-0.39, 0.29) is 35.4 Å². The molecule has 0 saturated carbocycles. The number of thiophene rings is 1. The summed E-state index contributed by atoms with van der Waals surface area (Å²) >= 11 is 1.78. The van der Waals surface area contributed by atoms with Gasteiger partial charge in [0, 0.05) is 32.2 Å². The third-order valence-electron chi connectivity index (χ3n) is 5.00. The monoisotopic (exact) mass is 577 g/mol. The van der Waals surface area contributed by atoms with E-state index in [2.05, 4.69) is 42.8 Å². The maximum absolute atomic E-state index is 12.4. The molecule has 10 heteroatoms. The molecule has 172 valence electrons. The van der Waals surface area contributed by atoms with Crippen LogP contribution in [-0.4, -0.2) is 53.1 Å². The van der Waals surface area contributed by atoms with Crippen molar-refractivity contribution in [2.45, 2.75) is 37.6 Å². The lowest BCUT2D eigenvalue weighted by Gasteiger charge is -2.33. The van der Waals surface area contributed by atoms with E-state index in [9.17, 15) is 8.42 Å². The Balaban J connectivity index is 0.00000341. The van der Waals surface area contributed by atoms with Gasteiger partial charge in [0.05, 0.1) is 16.4 Å². The minimum atomic E-state index is -3.51. The lowest BCUT2D eigenvalue weighted by Crippen LogP contribution is -2.48. The number of nitrogens with one attached hydrogen (secondary N) is 3. The summed E-state index contributed by atoms with van der Waals surface area (Å²) in [7, 11) is -3.51. The van der Waals surface area contributed by atoms with Gasteiger partial charge in [-0.1, -0.05) is 17.7 Å². The zero-order chi connectivity index (χ0) is 21.4. The molecule has 1 fully saturated rings. The van der Waals surface area contributed by atoms with Gasteiger partial charge in [0.1, 0.15) is 0 Å². The van der Waals surface area contributed by atoms with Crippen molar-refractivity contribution in [3.63, 3.8) is 0 Å². The van der Waals surface area contributed by atoms with Crippen LogP contribution in [0, 0.1) is 6.92 Å². The van der Waals surface area contributed by atoms with Crippen molar-refractivity contribution >= 4 is 56.3 Å². The number of hydrogen-bond acceptors (Lipinski definition) is 5. The third-order valence-corrected chi connectivity index (χ3v) is 7.41. The Morgan fingerprint density at radius 1 is 1.19 bits per heavy atom. The van der Waals surface area contributed by atoms with Crippen molar-refractivity contribution in [3.05, 3.63) is 47.3 Å². The molecule has 0 unspecified atom stereocenters. The summed E-state index contributed by atoms with van der Waals surface area (Å²) in [6.07, 6.45) is 2.09. The number of nitrogens with zero attached hydrogens (tertiary/aromatic N) is 2. The number of aryl methyl sites for hydroxylation is 1. The second kappa shape index (κ2) is 12.6. The second-order valence-electron chi connectivity index (χ2n) is 7.33. The number of halogens is 1. The number of piperidine rings is 1. The second-order valence-corrected chi connectivity index (χ2v) is 10.0. The zero-order valence-corrected chi connectivity index (χ0v) is 22.0. The third kappa shape index (κ3) is 7.92. The van der Waals surface area contributed by atoms with Crippen molar-refractivity contribution in [1.82, 2.24) is 15.4 Å². The zero-order valence-electron chi connectivity index (χ0n) is 18.0. The van der Waals surface area contributed by atoms with Crippen LogP contribution >= 0.6 is 35.3 Å². The maximum Gasteiger partial charge on any atom is 0.240 e. The molecule has 1 aliphatic heterocycles. The topological polar surface area (TPSA) is 85.8 Å². The van der Waals surface area contributed by atoms with Crippen molar-refractivity contribution in [1.29, 1.82) is 0 Å². The fourth-order valence-electron chi connectivity index (χ4n) is 3.36. The first-order valence-corrected chi connectivity index (χ1v) is 12.7. The van der Waals surface area contributed by atoms with Gasteiger partial charge in [-0.15, -0.1) is 35.3 Å². The molecule has 1 aliphatic rings. The first-order chi connectivity index (χ1) is 14.5. The Bertz CT molecular complexity index is 910. The quantitative estimate of drug-likeness (QED) is 0.194. The van der Waals surface area contributed by atoms with Gasteiger partial charge in [0.25, 0.3) is 0 Å². The first-order valence-electron chi connectivity index (χ1n) is 10.4. The van der Waals surface area contributed by atoms with E-state index in [4.69, 9.17) is 0 Å². The number of hydrogen-bond donors (Lipinski definition) is 3. The number of aliphatic imine (C=N–C) groups is 1. The highest BCUT2D eigenvalue weighted by atomic mass is 127. The average molecular weight is 578 g/mol. The summed E-state index contributed by atoms with van der Waals surface area (Å²) in [6.45, 7) is 7.38. The molecule has 1 aromatic carbocycles. The fourth-order valence-corrected chi connectivity index (χ4v) is 5.16. The molecule has 0 radical (unpaired) electrons. The molecule has 2 aromatic rings. The van der Waals surface area contributed by atoms with E-state index < -0.39 is 10.0 Å². The molecule has 0 atom stereocenters. The van der Waals surface area contributed by atoms with Gasteiger partial charge in [0.2, 0.25) is 10.0 Å². The van der Waals surface area contributed by atoms with E-state index >= 15 is 0 Å². The minimum absolute atomic E-state index is 0. The van der Waals surface area contributed by atoms with Gasteiger partial charge < -0.3 is 15.5 Å². The van der Waals surface area contributed by atoms with Crippen molar-refractivity contribution in [2.24, 2.45) is 4.99 Å². The Hall–Kier alpha value is -1.37. The Morgan fingerprint density at radius 2 is 1.90 bits per heavy atom. The van der Waals surface area contributed by atoms with Crippen LogP contribution in [0.1, 0.15) is 25.3 Å². The van der Waals surface area contributed by atoms with Crippen molar-refractivity contribution in [2.75, 3.05) is 37.6 Å². The molecule has 0 spiro atoms. The predicted molar refractivity (Wildman–Crippen MR) is 140 cm³/mol. The molecule has 0 bridgehead atoms. The van der Waals surface area contributed by atoms with Crippen LogP contribution in [0.15, 0.2) is 51.7 Å². The summed E-state index contributed by atoms with van der Waals surface area (Å²) in [5, 5.41) is 10.2. The molecule has 0 aliphatic carbocycles. The Kier molecular flexibility index (Phi) is 10.5. The number of guanidine groups is 1. The van der Waals surface area contributed by atoms with Gasteiger partial charge in [0.15, 0.2) is 5.96 Å². The molecule has 2 heterocycles. The average Bonchev–Trinajstić information content (AvgIpc) is 3.27. The normalized spacial score (nSPS) is 15.4. The van der Waals surface area contributed by atoms with Crippen LogP contribution < -0.4 is 20.3 Å². The number of rotatable bonds is 8.